The van der Waals surface area contributed by atoms with Crippen LogP contribution in [0.15, 0.2) is 24.3 Å². The minimum atomic E-state index is -0.708. The molecule has 1 aliphatic heterocycles. The van der Waals surface area contributed by atoms with Gasteiger partial charge >= 0.3 is 0 Å². The molecule has 1 aliphatic rings. The van der Waals surface area contributed by atoms with Crippen molar-refractivity contribution in [2.45, 2.75) is 6.10 Å². The van der Waals surface area contributed by atoms with E-state index in [9.17, 15) is 19.3 Å². The zero-order valence-electron chi connectivity index (χ0n) is 9.82. The van der Waals surface area contributed by atoms with Gasteiger partial charge in [-0.15, -0.1) is 0 Å². The fourth-order valence-electron chi connectivity index (χ4n) is 1.72. The first-order chi connectivity index (χ1) is 8.97. The second-order valence-corrected chi connectivity index (χ2v) is 4.19. The van der Waals surface area contributed by atoms with E-state index in [1.807, 2.05) is 0 Å². The quantitative estimate of drug-likeness (QED) is 0.501. The Labute approximate surface area is 107 Å². The fourth-order valence-corrected chi connectivity index (χ4v) is 1.72. The van der Waals surface area contributed by atoms with Crippen molar-refractivity contribution >= 4 is 17.7 Å². The summed E-state index contributed by atoms with van der Waals surface area (Å²) in [5.41, 5.74) is -0.242. The largest absolute Gasteiger partial charge is 0.389 e. The molecule has 100 valence electrons. The van der Waals surface area contributed by atoms with Gasteiger partial charge in [0.15, 0.2) is 0 Å². The second kappa shape index (κ2) is 5.15. The van der Waals surface area contributed by atoms with Gasteiger partial charge in [-0.25, -0.2) is 4.39 Å². The van der Waals surface area contributed by atoms with Crippen molar-refractivity contribution < 1.29 is 19.2 Å². The van der Waals surface area contributed by atoms with Crippen molar-refractivity contribution in [2.24, 2.45) is 0 Å². The summed E-state index contributed by atoms with van der Waals surface area (Å²) in [5, 5.41) is 19.8. The zero-order chi connectivity index (χ0) is 14.0. The number of carbonyl (C=O) groups excluding carboxylic acids is 1. The third-order valence-corrected chi connectivity index (χ3v) is 2.77. The fraction of sp³-hybridized carbons (Fsp3) is 0.250. The number of rotatable bonds is 3. The van der Waals surface area contributed by atoms with E-state index in [-0.39, 0.29) is 24.6 Å². The summed E-state index contributed by atoms with van der Waals surface area (Å²) in [7, 11) is 0. The van der Waals surface area contributed by atoms with Gasteiger partial charge in [-0.1, -0.05) is 0 Å². The van der Waals surface area contributed by atoms with Gasteiger partial charge in [-0.3, -0.25) is 14.9 Å². The molecule has 0 bridgehead atoms. The average molecular weight is 266 g/mol. The van der Waals surface area contributed by atoms with Crippen LogP contribution in [-0.2, 0) is 4.79 Å². The molecule has 0 atom stereocenters. The molecule has 2 rings (SSSR count). The van der Waals surface area contributed by atoms with E-state index >= 15 is 0 Å². The van der Waals surface area contributed by atoms with E-state index in [1.165, 1.54) is 23.1 Å². The van der Waals surface area contributed by atoms with Crippen LogP contribution in [0.5, 0.6) is 0 Å². The van der Waals surface area contributed by atoms with Gasteiger partial charge in [-0.2, -0.15) is 0 Å². The van der Waals surface area contributed by atoms with Crippen LogP contribution in [0.1, 0.15) is 5.56 Å². The summed E-state index contributed by atoms with van der Waals surface area (Å²) in [6.07, 6.45) is 1.94. The average Bonchev–Trinajstić information content (AvgIpc) is 2.33. The molecule has 0 spiro atoms. The molecule has 0 aliphatic carbocycles. The Bertz CT molecular complexity index is 553. The summed E-state index contributed by atoms with van der Waals surface area (Å²) in [5.74, 6) is -1.05. The maximum Gasteiger partial charge on any atom is 0.279 e. The van der Waals surface area contributed by atoms with E-state index < -0.39 is 22.5 Å². The molecule has 1 heterocycles. The Morgan fingerprint density at radius 2 is 2.21 bits per heavy atom. The lowest BCUT2D eigenvalue weighted by molar-refractivity contribution is -0.385. The summed E-state index contributed by atoms with van der Waals surface area (Å²) in [6, 6.07) is 3.13. The highest BCUT2D eigenvalue weighted by Crippen LogP contribution is 2.21. The van der Waals surface area contributed by atoms with Crippen LogP contribution in [0.3, 0.4) is 0 Å². The predicted molar refractivity (Wildman–Crippen MR) is 64.7 cm³/mol. The molecule has 1 aromatic carbocycles. The minimum absolute atomic E-state index is 0.154. The number of amides is 1. The van der Waals surface area contributed by atoms with E-state index in [1.54, 1.807) is 0 Å². The number of hydrogen-bond donors (Lipinski definition) is 1. The van der Waals surface area contributed by atoms with Gasteiger partial charge < -0.3 is 10.0 Å². The monoisotopic (exact) mass is 266 g/mol. The SMILES string of the molecule is O=C(/C=C/c1ccc(F)cc1[N+](=O)[O-])N1CC(O)C1. The number of aliphatic hydroxyl groups excluding tert-OH is 1. The number of aliphatic hydroxyl groups is 1. The predicted octanol–water partition coefficient (Wildman–Crippen LogP) is 0.950. The molecule has 1 amide bonds. The highest BCUT2D eigenvalue weighted by Gasteiger charge is 2.27. The molecular formula is C12H11FN2O4. The smallest absolute Gasteiger partial charge is 0.279 e. The lowest BCUT2D eigenvalue weighted by atomic mass is 10.1. The van der Waals surface area contributed by atoms with Gasteiger partial charge in [0.2, 0.25) is 5.91 Å². The van der Waals surface area contributed by atoms with Gasteiger partial charge in [0.25, 0.3) is 5.69 Å². The highest BCUT2D eigenvalue weighted by molar-refractivity contribution is 5.92. The van der Waals surface area contributed by atoms with Crippen molar-refractivity contribution in [2.75, 3.05) is 13.1 Å². The lowest BCUT2D eigenvalue weighted by Crippen LogP contribution is -2.52. The Hall–Kier alpha value is -2.28. The first-order valence-electron chi connectivity index (χ1n) is 5.56. The number of carbonyl (C=O) groups is 1. The van der Waals surface area contributed by atoms with Gasteiger partial charge in [0, 0.05) is 19.2 Å². The van der Waals surface area contributed by atoms with Crippen molar-refractivity contribution in [3.05, 3.63) is 45.8 Å². The van der Waals surface area contributed by atoms with Crippen LogP contribution in [0.2, 0.25) is 0 Å². The number of nitro benzene ring substituents is 1. The number of likely N-dealkylation sites (tertiary alicyclic amines) is 1. The molecule has 0 saturated carbocycles. The molecule has 0 unspecified atom stereocenters. The molecule has 6 nitrogen and oxygen atoms in total. The first kappa shape index (κ1) is 13.2. The summed E-state index contributed by atoms with van der Waals surface area (Å²) in [4.78, 5) is 23.0. The maximum absolute atomic E-state index is 12.9. The van der Waals surface area contributed by atoms with Crippen LogP contribution >= 0.6 is 0 Å². The summed E-state index contributed by atoms with van der Waals surface area (Å²) in [6.45, 7) is 0.517. The number of nitrogens with zero attached hydrogens (tertiary/aromatic N) is 2. The van der Waals surface area contributed by atoms with Crippen LogP contribution in [0.25, 0.3) is 6.08 Å². The third kappa shape index (κ3) is 2.94. The van der Waals surface area contributed by atoms with E-state index in [0.717, 1.165) is 12.1 Å². The molecule has 1 aromatic rings. The normalized spacial score (nSPS) is 15.6. The maximum atomic E-state index is 12.9. The molecule has 0 aromatic heterocycles. The molecular weight excluding hydrogens is 255 g/mol. The molecule has 1 saturated heterocycles. The van der Waals surface area contributed by atoms with Gasteiger partial charge in [0.1, 0.15) is 5.82 Å². The van der Waals surface area contributed by atoms with Crippen LogP contribution in [0.4, 0.5) is 10.1 Å². The molecule has 7 heteroatoms. The Morgan fingerprint density at radius 3 is 2.79 bits per heavy atom. The molecule has 1 N–H and O–H groups in total. The van der Waals surface area contributed by atoms with Crippen molar-refractivity contribution in [3.8, 4) is 0 Å². The number of β-amino-alcohol motifs (C(OH)–C–C–N with tert-alkyl or cyclic N) is 1. The molecule has 19 heavy (non-hydrogen) atoms. The Balaban J connectivity index is 2.14. The number of benzene rings is 1. The van der Waals surface area contributed by atoms with Crippen molar-refractivity contribution in [3.63, 3.8) is 0 Å². The third-order valence-electron chi connectivity index (χ3n) is 2.77. The minimum Gasteiger partial charge on any atom is -0.389 e. The summed E-state index contributed by atoms with van der Waals surface area (Å²) < 4.78 is 12.9. The van der Waals surface area contributed by atoms with Crippen molar-refractivity contribution in [1.82, 2.24) is 4.90 Å². The second-order valence-electron chi connectivity index (χ2n) is 4.19. The van der Waals surface area contributed by atoms with E-state index in [2.05, 4.69) is 0 Å². The molecule has 0 radical (unpaired) electrons. The summed E-state index contributed by atoms with van der Waals surface area (Å²) >= 11 is 0. The van der Waals surface area contributed by atoms with E-state index in [4.69, 9.17) is 5.11 Å². The Kier molecular flexibility index (Phi) is 3.57. The lowest BCUT2D eigenvalue weighted by Gasteiger charge is -2.34. The van der Waals surface area contributed by atoms with Crippen molar-refractivity contribution in [1.29, 1.82) is 0 Å². The standard InChI is InChI=1S/C12H11FN2O4/c13-9-3-1-8(11(5-9)15(18)19)2-4-12(17)14-6-10(16)7-14/h1-5,10,16H,6-7H2/b4-2+. The topological polar surface area (TPSA) is 83.7 Å². The van der Waals surface area contributed by atoms with Crippen LogP contribution in [0, 0.1) is 15.9 Å². The van der Waals surface area contributed by atoms with Gasteiger partial charge in [0.05, 0.1) is 22.7 Å². The molecule has 1 fully saturated rings. The van der Waals surface area contributed by atoms with Crippen LogP contribution in [-0.4, -0.2) is 40.0 Å². The van der Waals surface area contributed by atoms with Crippen LogP contribution < -0.4 is 0 Å². The zero-order valence-corrected chi connectivity index (χ0v) is 9.82. The number of hydrogen-bond acceptors (Lipinski definition) is 4. The number of nitro groups is 1. The van der Waals surface area contributed by atoms with Gasteiger partial charge in [-0.05, 0) is 18.2 Å². The highest BCUT2D eigenvalue weighted by atomic mass is 19.1. The number of halogens is 1. The first-order valence-corrected chi connectivity index (χ1v) is 5.56. The Morgan fingerprint density at radius 1 is 1.53 bits per heavy atom. The van der Waals surface area contributed by atoms with E-state index in [0.29, 0.717) is 0 Å².